The van der Waals surface area contributed by atoms with Crippen LogP contribution < -0.4 is 10.6 Å². The molecular formula is C16H16N4O. The first-order valence-corrected chi connectivity index (χ1v) is 6.79. The van der Waals surface area contributed by atoms with Crippen LogP contribution in [0.25, 0.3) is 10.9 Å². The molecule has 0 fully saturated rings. The molecule has 2 heterocycles. The molecule has 2 amide bonds. The zero-order chi connectivity index (χ0) is 14.5. The zero-order valence-electron chi connectivity index (χ0n) is 11.5. The summed E-state index contributed by atoms with van der Waals surface area (Å²) in [7, 11) is 0. The number of amides is 2. The summed E-state index contributed by atoms with van der Waals surface area (Å²) < 4.78 is 0. The first-order valence-electron chi connectivity index (χ1n) is 6.79. The molecule has 3 aromatic rings. The summed E-state index contributed by atoms with van der Waals surface area (Å²) in [6.45, 7) is 0.877. The summed E-state index contributed by atoms with van der Waals surface area (Å²) in [4.78, 5) is 19.2. The van der Waals surface area contributed by atoms with Gasteiger partial charge in [-0.1, -0.05) is 24.3 Å². The topological polar surface area (TPSA) is 69.8 Å². The molecule has 0 aliphatic heterocycles. The number of rotatable bonds is 4. The number of fused-ring (bicyclic) bond motifs is 1. The van der Waals surface area contributed by atoms with Gasteiger partial charge in [0.1, 0.15) is 0 Å². The van der Waals surface area contributed by atoms with E-state index >= 15 is 0 Å². The van der Waals surface area contributed by atoms with Gasteiger partial charge in [-0.3, -0.25) is 4.98 Å². The van der Waals surface area contributed by atoms with Crippen molar-refractivity contribution >= 4 is 16.9 Å². The van der Waals surface area contributed by atoms with Crippen molar-refractivity contribution in [1.82, 2.24) is 20.6 Å². The lowest BCUT2D eigenvalue weighted by molar-refractivity contribution is 0.240. The molecule has 0 radical (unpaired) electrons. The minimum absolute atomic E-state index is 0.209. The van der Waals surface area contributed by atoms with E-state index in [9.17, 15) is 4.79 Å². The van der Waals surface area contributed by atoms with Crippen LogP contribution in [0.2, 0.25) is 0 Å². The summed E-state index contributed by atoms with van der Waals surface area (Å²) in [6, 6.07) is 15.5. The molecule has 0 saturated heterocycles. The average Bonchev–Trinajstić information content (AvgIpc) is 2.95. The second-order valence-corrected chi connectivity index (χ2v) is 4.74. The molecule has 0 atom stereocenters. The number of nitrogens with one attached hydrogen (secondary N) is 3. The van der Waals surface area contributed by atoms with Crippen LogP contribution in [0.3, 0.4) is 0 Å². The van der Waals surface area contributed by atoms with Crippen molar-refractivity contribution in [3.8, 4) is 0 Å². The van der Waals surface area contributed by atoms with Crippen LogP contribution in [0.5, 0.6) is 0 Å². The van der Waals surface area contributed by atoms with Crippen molar-refractivity contribution in [3.05, 3.63) is 66.1 Å². The molecule has 0 aliphatic rings. The van der Waals surface area contributed by atoms with E-state index in [1.165, 1.54) is 0 Å². The van der Waals surface area contributed by atoms with Crippen molar-refractivity contribution in [2.24, 2.45) is 0 Å². The maximum Gasteiger partial charge on any atom is 0.315 e. The molecule has 0 saturated carbocycles. The number of pyridine rings is 1. The number of hydrogen-bond acceptors (Lipinski definition) is 2. The molecular weight excluding hydrogens is 264 g/mol. The number of carbonyl (C=O) groups excluding carboxylic acids is 1. The van der Waals surface area contributed by atoms with Gasteiger partial charge in [0.05, 0.1) is 18.8 Å². The third kappa shape index (κ3) is 3.39. The van der Waals surface area contributed by atoms with E-state index in [0.29, 0.717) is 13.1 Å². The van der Waals surface area contributed by atoms with Gasteiger partial charge in [-0.25, -0.2) is 4.79 Å². The minimum Gasteiger partial charge on any atom is -0.357 e. The second kappa shape index (κ2) is 6.09. The average molecular weight is 280 g/mol. The third-order valence-electron chi connectivity index (χ3n) is 3.18. The fourth-order valence-corrected chi connectivity index (χ4v) is 2.14. The fourth-order valence-electron chi connectivity index (χ4n) is 2.14. The maximum atomic E-state index is 11.7. The molecule has 0 aliphatic carbocycles. The van der Waals surface area contributed by atoms with Gasteiger partial charge >= 0.3 is 6.03 Å². The highest BCUT2D eigenvalue weighted by Crippen LogP contribution is 2.14. The maximum absolute atomic E-state index is 11.7. The van der Waals surface area contributed by atoms with E-state index in [2.05, 4.69) is 20.6 Å². The molecule has 106 valence electrons. The predicted octanol–water partition coefficient (Wildman–Crippen LogP) is 2.56. The zero-order valence-corrected chi connectivity index (χ0v) is 11.5. The molecule has 5 heteroatoms. The van der Waals surface area contributed by atoms with Crippen LogP contribution in [0, 0.1) is 0 Å². The number of carbonyl (C=O) groups is 1. The summed E-state index contributed by atoms with van der Waals surface area (Å²) in [5, 5.41) is 6.74. The van der Waals surface area contributed by atoms with Crippen LogP contribution in [0.4, 0.5) is 4.79 Å². The summed E-state index contributed by atoms with van der Waals surface area (Å²) in [5.74, 6) is 0. The van der Waals surface area contributed by atoms with E-state index in [-0.39, 0.29) is 6.03 Å². The molecule has 0 unspecified atom stereocenters. The highest BCUT2D eigenvalue weighted by Gasteiger charge is 2.03. The Labute approximate surface area is 122 Å². The molecule has 0 spiro atoms. The highest BCUT2D eigenvalue weighted by molar-refractivity contribution is 5.80. The Morgan fingerprint density at radius 1 is 1.05 bits per heavy atom. The summed E-state index contributed by atoms with van der Waals surface area (Å²) in [6.07, 6.45) is 1.71. The van der Waals surface area contributed by atoms with Gasteiger partial charge in [0.2, 0.25) is 0 Å². The molecule has 0 bridgehead atoms. The van der Waals surface area contributed by atoms with Crippen molar-refractivity contribution in [1.29, 1.82) is 0 Å². The first kappa shape index (κ1) is 13.2. The Morgan fingerprint density at radius 2 is 1.86 bits per heavy atom. The van der Waals surface area contributed by atoms with Gasteiger partial charge in [0, 0.05) is 17.4 Å². The number of H-pyrrole nitrogens is 1. The molecule has 2 aromatic heterocycles. The Bertz CT molecular complexity index is 703. The van der Waals surface area contributed by atoms with Gasteiger partial charge in [0.25, 0.3) is 0 Å². The van der Waals surface area contributed by atoms with Crippen LogP contribution >= 0.6 is 0 Å². The lowest BCUT2D eigenvalue weighted by Gasteiger charge is -2.06. The largest absolute Gasteiger partial charge is 0.357 e. The van der Waals surface area contributed by atoms with E-state index in [1.54, 1.807) is 6.20 Å². The lowest BCUT2D eigenvalue weighted by Crippen LogP contribution is -2.34. The van der Waals surface area contributed by atoms with E-state index in [1.807, 2.05) is 48.5 Å². The number of urea groups is 1. The molecule has 1 aromatic carbocycles. The smallest absolute Gasteiger partial charge is 0.315 e. The van der Waals surface area contributed by atoms with Crippen LogP contribution in [0.15, 0.2) is 54.7 Å². The quantitative estimate of drug-likeness (QED) is 0.687. The lowest BCUT2D eigenvalue weighted by atomic mass is 10.2. The van der Waals surface area contributed by atoms with Crippen LogP contribution in [-0.4, -0.2) is 16.0 Å². The number of hydrogen-bond donors (Lipinski definition) is 3. The Hall–Kier alpha value is -2.82. The Morgan fingerprint density at radius 3 is 2.67 bits per heavy atom. The van der Waals surface area contributed by atoms with E-state index in [0.717, 1.165) is 22.3 Å². The normalized spacial score (nSPS) is 10.5. The van der Waals surface area contributed by atoms with E-state index < -0.39 is 0 Å². The standard InChI is InChI=1S/C16H16N4O/c21-16(18-10-13-6-3-4-8-17-13)19-11-14-9-12-5-1-2-7-15(12)20-14/h1-9,20H,10-11H2,(H2,18,19,21). The number of aromatic amines is 1. The molecule has 3 N–H and O–H groups in total. The fraction of sp³-hybridized carbons (Fsp3) is 0.125. The monoisotopic (exact) mass is 280 g/mol. The van der Waals surface area contributed by atoms with Gasteiger partial charge < -0.3 is 15.6 Å². The van der Waals surface area contributed by atoms with E-state index in [4.69, 9.17) is 0 Å². The second-order valence-electron chi connectivity index (χ2n) is 4.74. The number of benzene rings is 1. The third-order valence-corrected chi connectivity index (χ3v) is 3.18. The minimum atomic E-state index is -0.209. The van der Waals surface area contributed by atoms with Crippen molar-refractivity contribution < 1.29 is 4.79 Å². The number of para-hydroxylation sites is 1. The van der Waals surface area contributed by atoms with Gasteiger partial charge in [-0.15, -0.1) is 0 Å². The molecule has 3 rings (SSSR count). The summed E-state index contributed by atoms with van der Waals surface area (Å²) >= 11 is 0. The van der Waals surface area contributed by atoms with Crippen LogP contribution in [-0.2, 0) is 13.1 Å². The predicted molar refractivity (Wildman–Crippen MR) is 81.6 cm³/mol. The molecule has 5 nitrogen and oxygen atoms in total. The number of nitrogens with zero attached hydrogens (tertiary/aromatic N) is 1. The Kier molecular flexibility index (Phi) is 3.82. The first-order chi connectivity index (χ1) is 10.3. The van der Waals surface area contributed by atoms with Crippen molar-refractivity contribution in [2.45, 2.75) is 13.1 Å². The SMILES string of the molecule is O=C(NCc1ccccn1)NCc1cc2ccccc2[nH]1. The van der Waals surface area contributed by atoms with Crippen molar-refractivity contribution in [2.75, 3.05) is 0 Å². The molecule has 21 heavy (non-hydrogen) atoms. The van der Waals surface area contributed by atoms with Crippen LogP contribution in [0.1, 0.15) is 11.4 Å². The van der Waals surface area contributed by atoms with Gasteiger partial charge in [-0.2, -0.15) is 0 Å². The van der Waals surface area contributed by atoms with Gasteiger partial charge in [-0.05, 0) is 29.7 Å². The summed E-state index contributed by atoms with van der Waals surface area (Å²) in [5.41, 5.74) is 2.88. The van der Waals surface area contributed by atoms with Crippen molar-refractivity contribution in [3.63, 3.8) is 0 Å². The highest BCUT2D eigenvalue weighted by atomic mass is 16.2. The van der Waals surface area contributed by atoms with Gasteiger partial charge in [0.15, 0.2) is 0 Å². The Balaban J connectivity index is 1.51. The number of aromatic nitrogens is 2.